The molecule has 0 aliphatic carbocycles. The third-order valence-corrected chi connectivity index (χ3v) is 5.63. The zero-order valence-corrected chi connectivity index (χ0v) is 17.1. The summed E-state index contributed by atoms with van der Waals surface area (Å²) in [6, 6.07) is 14.3. The van der Waals surface area contributed by atoms with Gasteiger partial charge in [0.15, 0.2) is 0 Å². The highest BCUT2D eigenvalue weighted by molar-refractivity contribution is 6.06. The van der Waals surface area contributed by atoms with Gasteiger partial charge >= 0.3 is 0 Å². The molecular weight excluding hydrogens is 392 g/mol. The number of H-pyrrole nitrogens is 1. The SMILES string of the molecule is Cc1cc(=O)[nH]c(-c2cccc(NC(=O)c3cn4c5c(cccc5c3=O)C[C@H]4C)c2)n1. The van der Waals surface area contributed by atoms with E-state index in [1.165, 1.54) is 6.07 Å². The first-order chi connectivity index (χ1) is 14.9. The fraction of sp³-hybridized carbons (Fsp3) is 0.167. The van der Waals surface area contributed by atoms with Crippen molar-refractivity contribution >= 4 is 22.5 Å². The van der Waals surface area contributed by atoms with Crippen molar-refractivity contribution in [2.45, 2.75) is 26.3 Å². The minimum Gasteiger partial charge on any atom is -0.343 e. The van der Waals surface area contributed by atoms with Crippen LogP contribution >= 0.6 is 0 Å². The Morgan fingerprint density at radius 2 is 1.97 bits per heavy atom. The Morgan fingerprint density at radius 1 is 1.16 bits per heavy atom. The van der Waals surface area contributed by atoms with Gasteiger partial charge in [0, 0.05) is 40.6 Å². The van der Waals surface area contributed by atoms with Crippen LogP contribution in [0.3, 0.4) is 0 Å². The number of pyridine rings is 1. The van der Waals surface area contributed by atoms with E-state index in [1.807, 2.05) is 16.7 Å². The van der Waals surface area contributed by atoms with E-state index in [-0.39, 0.29) is 22.6 Å². The molecule has 0 spiro atoms. The van der Waals surface area contributed by atoms with Crippen LogP contribution in [0.25, 0.3) is 22.3 Å². The van der Waals surface area contributed by atoms with Crippen molar-refractivity contribution in [2.75, 3.05) is 5.32 Å². The van der Waals surface area contributed by atoms with E-state index >= 15 is 0 Å². The highest BCUT2D eigenvalue weighted by Crippen LogP contribution is 2.31. The van der Waals surface area contributed by atoms with Gasteiger partial charge in [0.05, 0.1) is 5.52 Å². The molecule has 154 valence electrons. The predicted molar refractivity (Wildman–Crippen MR) is 120 cm³/mol. The highest BCUT2D eigenvalue weighted by atomic mass is 16.2. The van der Waals surface area contributed by atoms with Gasteiger partial charge in [-0.25, -0.2) is 4.98 Å². The number of carbonyl (C=O) groups is 1. The summed E-state index contributed by atoms with van der Waals surface area (Å²) in [4.78, 5) is 44.9. The van der Waals surface area contributed by atoms with E-state index in [2.05, 4.69) is 22.2 Å². The molecular formula is C24H20N4O3. The summed E-state index contributed by atoms with van der Waals surface area (Å²) in [5.41, 5.74) is 3.39. The van der Waals surface area contributed by atoms with Gasteiger partial charge in [-0.3, -0.25) is 14.4 Å². The number of rotatable bonds is 3. The van der Waals surface area contributed by atoms with Crippen LogP contribution < -0.4 is 16.3 Å². The van der Waals surface area contributed by atoms with E-state index < -0.39 is 5.91 Å². The van der Waals surface area contributed by atoms with Gasteiger partial charge in [0.1, 0.15) is 11.4 Å². The fourth-order valence-corrected chi connectivity index (χ4v) is 4.24. The maximum atomic E-state index is 13.0. The lowest BCUT2D eigenvalue weighted by Gasteiger charge is -2.13. The number of para-hydroxylation sites is 1. The molecule has 0 fully saturated rings. The molecule has 2 aromatic carbocycles. The second kappa shape index (κ2) is 7.05. The third kappa shape index (κ3) is 3.24. The van der Waals surface area contributed by atoms with Gasteiger partial charge in [0.25, 0.3) is 11.5 Å². The Labute approximate surface area is 177 Å². The monoisotopic (exact) mass is 412 g/mol. The number of aromatic nitrogens is 3. The summed E-state index contributed by atoms with van der Waals surface area (Å²) in [7, 11) is 0. The zero-order valence-electron chi connectivity index (χ0n) is 17.1. The Morgan fingerprint density at radius 3 is 2.77 bits per heavy atom. The van der Waals surface area contributed by atoms with Crippen LogP contribution in [0.4, 0.5) is 5.69 Å². The van der Waals surface area contributed by atoms with Crippen molar-refractivity contribution in [2.24, 2.45) is 0 Å². The predicted octanol–water partition coefficient (Wildman–Crippen LogP) is 3.43. The van der Waals surface area contributed by atoms with Crippen LogP contribution in [-0.2, 0) is 6.42 Å². The number of hydrogen-bond acceptors (Lipinski definition) is 4. The minimum atomic E-state index is -0.469. The van der Waals surface area contributed by atoms with Crippen molar-refractivity contribution in [1.29, 1.82) is 0 Å². The molecule has 4 aromatic rings. The number of aromatic amines is 1. The lowest BCUT2D eigenvalue weighted by Crippen LogP contribution is -2.23. The van der Waals surface area contributed by atoms with E-state index in [0.717, 1.165) is 17.5 Å². The van der Waals surface area contributed by atoms with Gasteiger partial charge in [-0.1, -0.05) is 24.3 Å². The van der Waals surface area contributed by atoms with E-state index in [1.54, 1.807) is 43.5 Å². The van der Waals surface area contributed by atoms with Gasteiger partial charge in [-0.15, -0.1) is 0 Å². The summed E-state index contributed by atoms with van der Waals surface area (Å²) >= 11 is 0. The summed E-state index contributed by atoms with van der Waals surface area (Å²) in [6.07, 6.45) is 2.50. The summed E-state index contributed by atoms with van der Waals surface area (Å²) < 4.78 is 2.01. The van der Waals surface area contributed by atoms with Crippen molar-refractivity contribution in [1.82, 2.24) is 14.5 Å². The number of hydrogen-bond donors (Lipinski definition) is 2. The van der Waals surface area contributed by atoms with Crippen molar-refractivity contribution < 1.29 is 4.79 Å². The number of aryl methyl sites for hydroxylation is 1. The molecule has 0 unspecified atom stereocenters. The lowest BCUT2D eigenvalue weighted by molar-refractivity contribution is 0.102. The van der Waals surface area contributed by atoms with Crippen LogP contribution in [-0.4, -0.2) is 20.4 Å². The fourth-order valence-electron chi connectivity index (χ4n) is 4.24. The molecule has 7 heteroatoms. The first kappa shape index (κ1) is 19.0. The first-order valence-corrected chi connectivity index (χ1v) is 10.1. The standard InChI is InChI=1S/C24H20N4O3/c1-13-9-20(29)27-23(25-13)16-6-3-7-17(11-16)26-24(31)19-12-28-14(2)10-15-5-4-8-18(21(15)28)22(19)30/h3-9,11-12,14H,10H2,1-2H3,(H,26,31)(H,25,27,29)/t14-/m1/s1. The van der Waals surface area contributed by atoms with Crippen LogP contribution in [0.5, 0.6) is 0 Å². The summed E-state index contributed by atoms with van der Waals surface area (Å²) in [5, 5.41) is 3.37. The largest absolute Gasteiger partial charge is 0.343 e. The molecule has 0 saturated carbocycles. The number of benzene rings is 2. The van der Waals surface area contributed by atoms with Crippen LogP contribution in [0.2, 0.25) is 0 Å². The van der Waals surface area contributed by atoms with Gasteiger partial charge in [-0.2, -0.15) is 0 Å². The van der Waals surface area contributed by atoms with Gasteiger partial charge in [-0.05, 0) is 44.0 Å². The summed E-state index contributed by atoms with van der Waals surface area (Å²) in [6.45, 7) is 3.82. The van der Waals surface area contributed by atoms with Crippen LogP contribution in [0.1, 0.15) is 34.6 Å². The molecule has 1 amide bonds. The molecule has 0 bridgehead atoms. The van der Waals surface area contributed by atoms with E-state index in [0.29, 0.717) is 28.2 Å². The Bertz CT molecular complexity index is 1480. The lowest BCUT2D eigenvalue weighted by atomic mass is 10.1. The van der Waals surface area contributed by atoms with Crippen LogP contribution in [0, 0.1) is 6.92 Å². The summed E-state index contributed by atoms with van der Waals surface area (Å²) in [5.74, 6) is -0.0515. The molecule has 0 saturated heterocycles. The zero-order chi connectivity index (χ0) is 21.7. The highest BCUT2D eigenvalue weighted by Gasteiger charge is 2.24. The Balaban J connectivity index is 1.52. The first-order valence-electron chi connectivity index (χ1n) is 10.1. The van der Waals surface area contributed by atoms with E-state index in [9.17, 15) is 14.4 Å². The molecule has 3 heterocycles. The van der Waals surface area contributed by atoms with E-state index in [4.69, 9.17) is 0 Å². The second-order valence-corrected chi connectivity index (χ2v) is 7.92. The number of anilines is 1. The molecule has 5 rings (SSSR count). The molecule has 1 aliphatic heterocycles. The Kier molecular flexibility index (Phi) is 4.32. The third-order valence-electron chi connectivity index (χ3n) is 5.63. The molecule has 1 atom stereocenters. The molecule has 1 aliphatic rings. The van der Waals surface area contributed by atoms with Gasteiger partial charge < -0.3 is 14.9 Å². The van der Waals surface area contributed by atoms with Crippen molar-refractivity contribution in [3.8, 4) is 11.4 Å². The molecule has 0 radical (unpaired) electrons. The number of nitrogens with one attached hydrogen (secondary N) is 2. The molecule has 2 N–H and O–H groups in total. The maximum Gasteiger partial charge on any atom is 0.261 e. The van der Waals surface area contributed by atoms with Crippen molar-refractivity contribution in [3.05, 3.63) is 92.1 Å². The average Bonchev–Trinajstić information content (AvgIpc) is 3.06. The molecule has 31 heavy (non-hydrogen) atoms. The smallest absolute Gasteiger partial charge is 0.261 e. The number of amides is 1. The molecule has 7 nitrogen and oxygen atoms in total. The topological polar surface area (TPSA) is 96.9 Å². The normalized spacial score (nSPS) is 14.7. The second-order valence-electron chi connectivity index (χ2n) is 7.92. The minimum absolute atomic E-state index is 0.103. The molecule has 2 aromatic heterocycles. The van der Waals surface area contributed by atoms with Crippen molar-refractivity contribution in [3.63, 3.8) is 0 Å². The van der Waals surface area contributed by atoms with Gasteiger partial charge in [0.2, 0.25) is 5.43 Å². The van der Waals surface area contributed by atoms with Crippen LogP contribution in [0.15, 0.2) is 64.3 Å². The maximum absolute atomic E-state index is 13.0. The quantitative estimate of drug-likeness (QED) is 0.539. The average molecular weight is 412 g/mol. The number of carbonyl (C=O) groups excluding carboxylic acids is 1. The number of nitrogens with zero attached hydrogens (tertiary/aromatic N) is 2. The Hall–Kier alpha value is -4.00.